The molecule has 3 rings (SSSR count). The molecule has 100 valence electrons. The lowest BCUT2D eigenvalue weighted by Gasteiger charge is -2.24. The Balaban J connectivity index is 1.87. The van der Waals surface area contributed by atoms with Gasteiger partial charge in [0.05, 0.1) is 5.69 Å². The summed E-state index contributed by atoms with van der Waals surface area (Å²) in [5.41, 5.74) is 0.589. The number of nitrogens with one attached hydrogen (secondary N) is 1. The Labute approximate surface area is 112 Å². The van der Waals surface area contributed by atoms with Crippen LogP contribution in [-0.4, -0.2) is 41.0 Å². The molecule has 0 radical (unpaired) electrons. The van der Waals surface area contributed by atoms with Gasteiger partial charge in [0.15, 0.2) is 5.13 Å². The first-order valence-electron chi connectivity index (χ1n) is 5.84. The van der Waals surface area contributed by atoms with Gasteiger partial charge in [-0.25, -0.2) is 4.98 Å². The first-order valence-corrected chi connectivity index (χ1v) is 6.66. The van der Waals surface area contributed by atoms with Gasteiger partial charge in [0.2, 0.25) is 11.8 Å². The van der Waals surface area contributed by atoms with E-state index in [1.165, 1.54) is 11.3 Å². The predicted octanol–water partition coefficient (Wildman–Crippen LogP) is -0.280. The van der Waals surface area contributed by atoms with Crippen LogP contribution < -0.4 is 10.2 Å². The zero-order valence-electron chi connectivity index (χ0n) is 9.88. The Hall–Kier alpha value is -1.96. The number of imide groups is 1. The van der Waals surface area contributed by atoms with Crippen LogP contribution in [0.25, 0.3) is 0 Å². The molecule has 19 heavy (non-hydrogen) atoms. The number of nitrogens with zero attached hydrogens (tertiary/aromatic N) is 2. The summed E-state index contributed by atoms with van der Waals surface area (Å²) in [6.07, 6.45) is 1.27. The van der Waals surface area contributed by atoms with E-state index in [1.54, 1.807) is 4.90 Å². The van der Waals surface area contributed by atoms with Gasteiger partial charge in [-0.15, -0.1) is 11.3 Å². The van der Waals surface area contributed by atoms with Crippen LogP contribution in [0.2, 0.25) is 0 Å². The SMILES string of the molecule is O=C1CN(c2nc3c(s2)CCC3C(=O)O)CC(=O)N1. The third-order valence-corrected chi connectivity index (χ3v) is 4.41. The van der Waals surface area contributed by atoms with E-state index in [2.05, 4.69) is 10.3 Å². The molecule has 0 saturated carbocycles. The van der Waals surface area contributed by atoms with Crippen molar-refractivity contribution in [2.75, 3.05) is 18.0 Å². The van der Waals surface area contributed by atoms with E-state index in [9.17, 15) is 14.4 Å². The Morgan fingerprint density at radius 2 is 2.05 bits per heavy atom. The summed E-state index contributed by atoms with van der Waals surface area (Å²) in [5.74, 6) is -2.15. The molecule has 0 spiro atoms. The summed E-state index contributed by atoms with van der Waals surface area (Å²) in [5, 5.41) is 11.9. The quantitative estimate of drug-likeness (QED) is 0.723. The fraction of sp³-hybridized carbons (Fsp3) is 0.455. The average molecular weight is 281 g/mol. The lowest BCUT2D eigenvalue weighted by molar-refractivity contribution is -0.139. The largest absolute Gasteiger partial charge is 0.481 e. The number of carboxylic acids is 1. The zero-order chi connectivity index (χ0) is 13.6. The first-order chi connectivity index (χ1) is 9.04. The summed E-state index contributed by atoms with van der Waals surface area (Å²) in [4.78, 5) is 40.6. The van der Waals surface area contributed by atoms with Gasteiger partial charge in [-0.2, -0.15) is 0 Å². The van der Waals surface area contributed by atoms with Crippen LogP contribution in [0.3, 0.4) is 0 Å². The van der Waals surface area contributed by atoms with Crippen LogP contribution in [0.5, 0.6) is 0 Å². The van der Waals surface area contributed by atoms with Gasteiger partial charge in [0, 0.05) is 4.88 Å². The molecule has 2 aliphatic rings. The summed E-state index contributed by atoms with van der Waals surface area (Å²) >= 11 is 1.37. The minimum absolute atomic E-state index is 0.0792. The molecule has 2 N–H and O–H groups in total. The number of carbonyl (C=O) groups excluding carboxylic acids is 2. The minimum Gasteiger partial charge on any atom is -0.481 e. The predicted molar refractivity (Wildman–Crippen MR) is 66.2 cm³/mol. The number of carbonyl (C=O) groups is 3. The van der Waals surface area contributed by atoms with Crippen LogP contribution in [0.15, 0.2) is 0 Å². The van der Waals surface area contributed by atoms with Gasteiger partial charge < -0.3 is 10.0 Å². The average Bonchev–Trinajstić information content (AvgIpc) is 2.85. The number of fused-ring (bicyclic) bond motifs is 1. The zero-order valence-corrected chi connectivity index (χ0v) is 10.7. The topological polar surface area (TPSA) is 99.6 Å². The molecule has 2 heterocycles. The van der Waals surface area contributed by atoms with Gasteiger partial charge in [0.1, 0.15) is 19.0 Å². The molecule has 7 nitrogen and oxygen atoms in total. The van der Waals surface area contributed by atoms with Crippen LogP contribution in [0, 0.1) is 0 Å². The van der Waals surface area contributed by atoms with Crippen molar-refractivity contribution in [2.24, 2.45) is 0 Å². The highest BCUT2D eigenvalue weighted by Crippen LogP contribution is 2.39. The number of carboxylic acid groups (broad SMARTS) is 1. The molecule has 8 heteroatoms. The maximum Gasteiger partial charge on any atom is 0.312 e. The number of aliphatic carboxylic acids is 1. The van der Waals surface area contributed by atoms with Gasteiger partial charge in [-0.3, -0.25) is 19.7 Å². The van der Waals surface area contributed by atoms with Crippen molar-refractivity contribution in [2.45, 2.75) is 18.8 Å². The number of rotatable bonds is 2. The molecule has 1 fully saturated rings. The van der Waals surface area contributed by atoms with Crippen LogP contribution in [-0.2, 0) is 20.8 Å². The molecule has 2 amide bonds. The standard InChI is InChI=1S/C11H11N3O4S/c15-7-3-14(4-8(16)12-7)11-13-9-5(10(17)18)1-2-6(9)19-11/h5H,1-4H2,(H,17,18)(H,12,15,16). The smallest absolute Gasteiger partial charge is 0.312 e. The van der Waals surface area contributed by atoms with Gasteiger partial charge >= 0.3 is 5.97 Å². The third-order valence-electron chi connectivity index (χ3n) is 3.22. The number of hydrogen-bond acceptors (Lipinski definition) is 6. The minimum atomic E-state index is -0.872. The van der Waals surface area contributed by atoms with E-state index in [0.29, 0.717) is 23.7 Å². The van der Waals surface area contributed by atoms with Crippen molar-refractivity contribution < 1.29 is 19.5 Å². The van der Waals surface area contributed by atoms with E-state index >= 15 is 0 Å². The van der Waals surface area contributed by atoms with Gasteiger partial charge in [-0.05, 0) is 12.8 Å². The van der Waals surface area contributed by atoms with Crippen molar-refractivity contribution in [1.82, 2.24) is 10.3 Å². The molecular weight excluding hydrogens is 270 g/mol. The Kier molecular flexibility index (Phi) is 2.74. The summed E-state index contributed by atoms with van der Waals surface area (Å²) in [7, 11) is 0. The second kappa shape index (κ2) is 4.30. The Bertz CT molecular complexity index is 566. The number of aromatic nitrogens is 1. The molecule has 0 bridgehead atoms. The summed E-state index contributed by atoms with van der Waals surface area (Å²) in [6, 6.07) is 0. The van der Waals surface area contributed by atoms with E-state index < -0.39 is 11.9 Å². The molecule has 1 aromatic heterocycles. The maximum absolute atomic E-state index is 11.3. The van der Waals surface area contributed by atoms with Crippen molar-refractivity contribution in [1.29, 1.82) is 0 Å². The van der Waals surface area contributed by atoms with E-state index in [0.717, 1.165) is 4.88 Å². The number of anilines is 1. The fourth-order valence-corrected chi connectivity index (χ4v) is 3.50. The maximum atomic E-state index is 11.3. The molecular formula is C11H11N3O4S. The van der Waals surface area contributed by atoms with Crippen molar-refractivity contribution >= 4 is 34.3 Å². The van der Waals surface area contributed by atoms with Gasteiger partial charge in [0.25, 0.3) is 0 Å². The van der Waals surface area contributed by atoms with E-state index in [1.807, 2.05) is 0 Å². The molecule has 0 aromatic carbocycles. The Morgan fingerprint density at radius 1 is 1.37 bits per heavy atom. The Morgan fingerprint density at radius 3 is 2.68 bits per heavy atom. The number of aryl methyl sites for hydroxylation is 1. The second-order valence-corrected chi connectivity index (χ2v) is 5.62. The molecule has 1 saturated heterocycles. The molecule has 1 aliphatic carbocycles. The van der Waals surface area contributed by atoms with Crippen molar-refractivity contribution in [3.63, 3.8) is 0 Å². The lowest BCUT2D eigenvalue weighted by atomic mass is 10.1. The van der Waals surface area contributed by atoms with Gasteiger partial charge in [-0.1, -0.05) is 0 Å². The molecule has 1 aliphatic heterocycles. The van der Waals surface area contributed by atoms with Crippen molar-refractivity contribution in [3.8, 4) is 0 Å². The van der Waals surface area contributed by atoms with Crippen LogP contribution in [0.1, 0.15) is 22.9 Å². The summed E-state index contributed by atoms with van der Waals surface area (Å²) in [6.45, 7) is 0.158. The second-order valence-electron chi connectivity index (χ2n) is 4.56. The van der Waals surface area contributed by atoms with E-state index in [4.69, 9.17) is 5.11 Å². The monoisotopic (exact) mass is 281 g/mol. The fourth-order valence-electron chi connectivity index (χ4n) is 2.36. The number of hydrogen-bond donors (Lipinski definition) is 2. The van der Waals surface area contributed by atoms with Crippen LogP contribution >= 0.6 is 11.3 Å². The third kappa shape index (κ3) is 2.07. The summed E-state index contributed by atoms with van der Waals surface area (Å²) < 4.78 is 0. The van der Waals surface area contributed by atoms with Crippen LogP contribution in [0.4, 0.5) is 5.13 Å². The molecule has 1 aromatic rings. The highest BCUT2D eigenvalue weighted by Gasteiger charge is 2.34. The first kappa shape index (κ1) is 12.1. The number of amides is 2. The van der Waals surface area contributed by atoms with E-state index in [-0.39, 0.29) is 24.9 Å². The highest BCUT2D eigenvalue weighted by molar-refractivity contribution is 7.15. The number of thiazole rings is 1. The molecule has 1 unspecified atom stereocenters. The molecule has 1 atom stereocenters. The lowest BCUT2D eigenvalue weighted by Crippen LogP contribution is -2.51. The highest BCUT2D eigenvalue weighted by atomic mass is 32.1. The normalized spacial score (nSPS) is 22.3. The van der Waals surface area contributed by atoms with Crippen molar-refractivity contribution in [3.05, 3.63) is 10.6 Å². The number of piperazine rings is 1.